The molecule has 1 aromatic carbocycles. The van der Waals surface area contributed by atoms with Crippen molar-refractivity contribution in [1.29, 1.82) is 0 Å². The van der Waals surface area contributed by atoms with Crippen molar-refractivity contribution >= 4 is 5.78 Å². The number of nitrogens with one attached hydrogen (secondary N) is 1. The highest BCUT2D eigenvalue weighted by molar-refractivity contribution is 5.99. The highest BCUT2D eigenvalue weighted by Crippen LogP contribution is 2.30. The van der Waals surface area contributed by atoms with E-state index in [0.717, 1.165) is 0 Å². The summed E-state index contributed by atoms with van der Waals surface area (Å²) in [5.74, 6) is 0.276. The topological polar surface area (TPSA) is 38.3 Å². The van der Waals surface area contributed by atoms with Gasteiger partial charge in [-0.25, -0.2) is 4.39 Å². The van der Waals surface area contributed by atoms with Crippen molar-refractivity contribution in [1.82, 2.24) is 5.32 Å². The maximum atomic E-state index is 13.5. The van der Waals surface area contributed by atoms with Crippen molar-refractivity contribution in [3.8, 4) is 5.75 Å². The van der Waals surface area contributed by atoms with Crippen LogP contribution in [0.25, 0.3) is 0 Å². The fourth-order valence-electron chi connectivity index (χ4n) is 1.63. The van der Waals surface area contributed by atoms with E-state index in [-0.39, 0.29) is 12.3 Å². The van der Waals surface area contributed by atoms with Crippen molar-refractivity contribution in [2.45, 2.75) is 13.1 Å². The van der Waals surface area contributed by atoms with Gasteiger partial charge in [-0.2, -0.15) is 0 Å². The minimum Gasteiger partial charge on any atom is -0.496 e. The predicted molar refractivity (Wildman–Crippen MR) is 60.8 cm³/mol. The third-order valence-corrected chi connectivity index (χ3v) is 2.32. The molecule has 1 rings (SSSR count). The molecule has 1 aromatic rings. The summed E-state index contributed by atoms with van der Waals surface area (Å²) in [5.41, 5.74) is 0.703. The van der Waals surface area contributed by atoms with E-state index >= 15 is 0 Å². The monoisotopic (exact) mass is 225 g/mol. The Morgan fingerprint density at radius 3 is 2.75 bits per heavy atom. The van der Waals surface area contributed by atoms with Gasteiger partial charge in [0, 0.05) is 11.1 Å². The summed E-state index contributed by atoms with van der Waals surface area (Å²) in [6.07, 6.45) is -1.23. The van der Waals surface area contributed by atoms with Crippen LogP contribution in [-0.2, 0) is 0 Å². The Kier molecular flexibility index (Phi) is 4.43. The molecule has 0 spiro atoms. The molecular formula is C12H16FNO2. The fraction of sp³-hybridized carbons (Fsp3) is 0.417. The normalized spacial score (nSPS) is 12.2. The second kappa shape index (κ2) is 5.61. The first kappa shape index (κ1) is 12.6. The van der Waals surface area contributed by atoms with Gasteiger partial charge in [-0.3, -0.25) is 4.79 Å². The first-order valence-electron chi connectivity index (χ1n) is 5.10. The van der Waals surface area contributed by atoms with E-state index in [1.54, 1.807) is 25.2 Å². The van der Waals surface area contributed by atoms with E-state index in [4.69, 9.17) is 4.74 Å². The smallest absolute Gasteiger partial charge is 0.177 e. The van der Waals surface area contributed by atoms with E-state index in [0.29, 0.717) is 16.9 Å². The molecule has 3 nitrogen and oxygen atoms in total. The number of Topliss-reactive ketones (excluding diaryl/α,β-unsaturated/α-hetero) is 1. The predicted octanol–water partition coefficient (Wildman–Crippen LogP) is 2.13. The van der Waals surface area contributed by atoms with Gasteiger partial charge in [-0.15, -0.1) is 0 Å². The molecule has 0 saturated heterocycles. The third-order valence-electron chi connectivity index (χ3n) is 2.32. The molecule has 16 heavy (non-hydrogen) atoms. The van der Waals surface area contributed by atoms with Gasteiger partial charge in [0.25, 0.3) is 0 Å². The number of ketones is 1. The molecule has 1 unspecified atom stereocenters. The number of benzene rings is 1. The summed E-state index contributed by atoms with van der Waals surface area (Å²) < 4.78 is 18.6. The number of rotatable bonds is 5. The summed E-state index contributed by atoms with van der Waals surface area (Å²) in [4.78, 5) is 11.8. The molecule has 0 aliphatic heterocycles. The summed E-state index contributed by atoms with van der Waals surface area (Å²) in [5, 5.41) is 2.76. The third kappa shape index (κ3) is 2.58. The lowest BCUT2D eigenvalue weighted by Crippen LogP contribution is -2.20. The summed E-state index contributed by atoms with van der Waals surface area (Å²) in [6.45, 7) is 1.58. The van der Waals surface area contributed by atoms with Gasteiger partial charge in [-0.05, 0) is 20.0 Å². The van der Waals surface area contributed by atoms with Crippen molar-refractivity contribution in [3.05, 3.63) is 29.3 Å². The molecule has 1 N–H and O–H groups in total. The molecule has 0 fully saturated rings. The lowest BCUT2D eigenvalue weighted by molar-refractivity contribution is 0.0990. The van der Waals surface area contributed by atoms with Crippen LogP contribution < -0.4 is 10.1 Å². The molecule has 0 aliphatic rings. The molecular weight excluding hydrogens is 209 g/mol. The number of likely N-dealkylation sites (N-methyl/N-ethyl adjacent to an activating group) is 1. The SMILES string of the molecule is CNCC(=O)c1cccc(OC)c1C(C)F. The van der Waals surface area contributed by atoms with Crippen LogP contribution >= 0.6 is 0 Å². The number of ether oxygens (including phenoxy) is 1. The molecule has 0 saturated carbocycles. The van der Waals surface area contributed by atoms with Gasteiger partial charge in [0.1, 0.15) is 11.9 Å². The maximum absolute atomic E-state index is 13.5. The second-order valence-corrected chi connectivity index (χ2v) is 3.49. The van der Waals surface area contributed by atoms with Crippen molar-refractivity contribution in [2.24, 2.45) is 0 Å². The fourth-order valence-corrected chi connectivity index (χ4v) is 1.63. The standard InChI is InChI=1S/C12H16FNO2/c1-8(13)12-9(10(15)7-14-2)5-4-6-11(12)16-3/h4-6,8,14H,7H2,1-3H3. The molecule has 1 atom stereocenters. The number of methoxy groups -OCH3 is 1. The van der Waals surface area contributed by atoms with E-state index in [9.17, 15) is 9.18 Å². The van der Waals surface area contributed by atoms with Gasteiger partial charge in [-0.1, -0.05) is 12.1 Å². The minimum absolute atomic E-state index is 0.138. The van der Waals surface area contributed by atoms with Crippen molar-refractivity contribution in [3.63, 3.8) is 0 Å². The molecule has 0 aromatic heterocycles. The minimum atomic E-state index is -1.23. The number of hydrogen-bond acceptors (Lipinski definition) is 3. The van der Waals surface area contributed by atoms with Crippen molar-refractivity contribution in [2.75, 3.05) is 20.7 Å². The largest absolute Gasteiger partial charge is 0.496 e. The zero-order valence-electron chi connectivity index (χ0n) is 9.71. The molecule has 0 amide bonds. The first-order chi connectivity index (χ1) is 7.61. The Balaban J connectivity index is 3.22. The van der Waals surface area contributed by atoms with Crippen LogP contribution in [0.15, 0.2) is 18.2 Å². The Morgan fingerprint density at radius 1 is 1.56 bits per heavy atom. The molecule has 0 heterocycles. The van der Waals surface area contributed by atoms with Gasteiger partial charge >= 0.3 is 0 Å². The number of alkyl halides is 1. The number of hydrogen-bond donors (Lipinski definition) is 1. The Morgan fingerprint density at radius 2 is 2.25 bits per heavy atom. The maximum Gasteiger partial charge on any atom is 0.177 e. The van der Waals surface area contributed by atoms with Crippen LogP contribution in [0.4, 0.5) is 4.39 Å². The van der Waals surface area contributed by atoms with Gasteiger partial charge < -0.3 is 10.1 Å². The van der Waals surface area contributed by atoms with Crippen molar-refractivity contribution < 1.29 is 13.9 Å². The Hall–Kier alpha value is -1.42. The number of carbonyl (C=O) groups excluding carboxylic acids is 1. The molecule has 0 bridgehead atoms. The zero-order valence-corrected chi connectivity index (χ0v) is 9.71. The van der Waals surface area contributed by atoms with Crippen LogP contribution in [0.2, 0.25) is 0 Å². The van der Waals surface area contributed by atoms with Crippen LogP contribution in [0.3, 0.4) is 0 Å². The first-order valence-corrected chi connectivity index (χ1v) is 5.10. The van der Waals surface area contributed by atoms with Crippen LogP contribution in [0.1, 0.15) is 29.0 Å². The second-order valence-electron chi connectivity index (χ2n) is 3.49. The highest BCUT2D eigenvalue weighted by atomic mass is 19.1. The Labute approximate surface area is 94.6 Å². The average Bonchev–Trinajstić information content (AvgIpc) is 2.28. The average molecular weight is 225 g/mol. The quantitative estimate of drug-likeness (QED) is 0.780. The van der Waals surface area contributed by atoms with E-state index < -0.39 is 6.17 Å². The van der Waals surface area contributed by atoms with Crippen LogP contribution in [0.5, 0.6) is 5.75 Å². The molecule has 88 valence electrons. The highest BCUT2D eigenvalue weighted by Gasteiger charge is 2.19. The van der Waals surface area contributed by atoms with Gasteiger partial charge in [0.15, 0.2) is 5.78 Å². The number of carbonyl (C=O) groups is 1. The summed E-state index contributed by atoms with van der Waals surface area (Å²) in [6, 6.07) is 4.96. The molecule has 0 radical (unpaired) electrons. The molecule has 4 heteroatoms. The van der Waals surface area contributed by atoms with Crippen LogP contribution in [-0.4, -0.2) is 26.5 Å². The lowest BCUT2D eigenvalue weighted by Gasteiger charge is -2.13. The van der Waals surface area contributed by atoms with E-state index in [1.165, 1.54) is 14.0 Å². The van der Waals surface area contributed by atoms with Gasteiger partial charge in [0.2, 0.25) is 0 Å². The summed E-state index contributed by atoms with van der Waals surface area (Å²) in [7, 11) is 3.14. The van der Waals surface area contributed by atoms with E-state index in [1.807, 2.05) is 0 Å². The van der Waals surface area contributed by atoms with E-state index in [2.05, 4.69) is 5.32 Å². The molecule has 0 aliphatic carbocycles. The van der Waals surface area contributed by atoms with Crippen LogP contribution in [0, 0.1) is 0 Å². The lowest BCUT2D eigenvalue weighted by atomic mass is 9.99. The zero-order chi connectivity index (χ0) is 12.1. The summed E-state index contributed by atoms with van der Waals surface area (Å²) >= 11 is 0. The number of halogens is 1. The Bertz CT molecular complexity index is 377. The van der Waals surface area contributed by atoms with Gasteiger partial charge in [0.05, 0.1) is 13.7 Å².